The van der Waals surface area contributed by atoms with E-state index in [-0.39, 0.29) is 30.7 Å². The maximum atomic E-state index is 12.5. The van der Waals surface area contributed by atoms with Crippen LogP contribution in [0.3, 0.4) is 0 Å². The molecule has 3 heterocycles. The maximum absolute atomic E-state index is 12.5. The van der Waals surface area contributed by atoms with Gasteiger partial charge in [0.15, 0.2) is 23.0 Å². The molecule has 0 atom stereocenters. The first kappa shape index (κ1) is 18.4. The van der Waals surface area contributed by atoms with Gasteiger partial charge in [-0.05, 0) is 18.6 Å². The van der Waals surface area contributed by atoms with Crippen LogP contribution in [-0.4, -0.2) is 42.1 Å². The fourth-order valence-corrected chi connectivity index (χ4v) is 3.48. The molecular weight excluding hydrogens is 396 g/mol. The minimum absolute atomic E-state index is 0.143. The lowest BCUT2D eigenvalue weighted by Gasteiger charge is -2.15. The number of fused-ring (bicyclic) bond motifs is 1. The second kappa shape index (κ2) is 7.59. The van der Waals surface area contributed by atoms with Crippen molar-refractivity contribution in [2.24, 2.45) is 0 Å². The topological polar surface area (TPSA) is 81.0 Å². The van der Waals surface area contributed by atoms with Gasteiger partial charge in [-0.2, -0.15) is 0 Å². The Morgan fingerprint density at radius 2 is 2.04 bits per heavy atom. The Labute approximate surface area is 165 Å². The predicted molar refractivity (Wildman–Crippen MR) is 96.8 cm³/mol. The highest BCUT2D eigenvalue weighted by atomic mass is 35.5. The third-order valence-electron chi connectivity index (χ3n) is 4.15. The first-order chi connectivity index (χ1) is 13.1. The lowest BCUT2D eigenvalue weighted by Crippen LogP contribution is -2.17. The molecule has 1 saturated heterocycles. The van der Waals surface area contributed by atoms with Gasteiger partial charge in [0.1, 0.15) is 5.03 Å². The summed E-state index contributed by atoms with van der Waals surface area (Å²) in [5.41, 5.74) is 0.930. The number of benzene rings is 1. The third-order valence-corrected chi connectivity index (χ3v) is 4.81. The van der Waals surface area contributed by atoms with Crippen molar-refractivity contribution in [1.82, 2.24) is 9.55 Å². The zero-order valence-electron chi connectivity index (χ0n) is 14.4. The normalized spacial score (nSPS) is 16.1. The number of hydrogen-bond acceptors (Lipinski definition) is 8. The Bertz CT molecular complexity index is 881. The van der Waals surface area contributed by atoms with Crippen LogP contribution in [0.15, 0.2) is 17.2 Å². The Morgan fingerprint density at radius 1 is 1.33 bits per heavy atom. The number of carbonyl (C=O) groups excluding carboxylic acids is 1. The van der Waals surface area contributed by atoms with Crippen molar-refractivity contribution in [1.29, 1.82) is 0 Å². The Morgan fingerprint density at radius 3 is 2.74 bits per heavy atom. The summed E-state index contributed by atoms with van der Waals surface area (Å²) in [5.74, 6) is 1.07. The van der Waals surface area contributed by atoms with Gasteiger partial charge in [0.2, 0.25) is 13.1 Å². The summed E-state index contributed by atoms with van der Waals surface area (Å²) >= 11 is 10.8. The first-order valence-electron chi connectivity index (χ1n) is 8.36. The molecule has 0 bridgehead atoms. The Kier molecular flexibility index (Phi) is 5.18. The average molecular weight is 413 g/mol. The van der Waals surface area contributed by atoms with E-state index < -0.39 is 12.3 Å². The largest absolute Gasteiger partial charge is 0.461 e. The molecule has 0 spiro atoms. The summed E-state index contributed by atoms with van der Waals surface area (Å²) in [4.78, 5) is 16.9. The quantitative estimate of drug-likeness (QED) is 0.597. The summed E-state index contributed by atoms with van der Waals surface area (Å²) < 4.78 is 28.7. The zero-order valence-corrected chi connectivity index (χ0v) is 16.1. The Hall–Kier alpha value is -1.94. The number of nitrogens with zero attached hydrogens (tertiary/aromatic N) is 2. The number of carbonyl (C=O) groups is 1. The second-order valence-electron chi connectivity index (χ2n) is 5.82. The molecule has 8 nitrogen and oxygen atoms in total. The summed E-state index contributed by atoms with van der Waals surface area (Å²) in [5, 5.41) is 0.710. The molecule has 144 valence electrons. The minimum Gasteiger partial charge on any atom is -0.461 e. The number of ether oxygens (including phenoxy) is 5. The predicted octanol–water partition coefficient (Wildman–Crippen LogP) is 2.82. The molecule has 0 amide bonds. The molecular formula is C17H17ClN2O6S. The second-order valence-corrected chi connectivity index (χ2v) is 6.65. The molecule has 2 aromatic rings. The van der Waals surface area contributed by atoms with Crippen molar-refractivity contribution in [2.45, 2.75) is 24.8 Å². The third kappa shape index (κ3) is 3.47. The van der Waals surface area contributed by atoms with Gasteiger partial charge in [-0.1, -0.05) is 11.6 Å². The molecule has 2 aliphatic heterocycles. The van der Waals surface area contributed by atoms with Crippen LogP contribution in [0.25, 0.3) is 0 Å². The van der Waals surface area contributed by atoms with Crippen LogP contribution in [-0.2, 0) is 20.8 Å². The molecule has 0 N–H and O–H groups in total. The zero-order chi connectivity index (χ0) is 19.0. The van der Waals surface area contributed by atoms with Gasteiger partial charge >= 0.3 is 5.97 Å². The number of imidazole rings is 1. The molecule has 2 aliphatic rings. The van der Waals surface area contributed by atoms with Crippen LogP contribution in [0.2, 0.25) is 5.02 Å². The summed E-state index contributed by atoms with van der Waals surface area (Å²) in [6.07, 6.45) is -0.688. The highest BCUT2D eigenvalue weighted by molar-refractivity contribution is 7.80. The summed E-state index contributed by atoms with van der Waals surface area (Å²) in [7, 11) is 0. The number of esters is 1. The fraction of sp³-hybridized carbons (Fsp3) is 0.412. The fourth-order valence-electron chi connectivity index (χ4n) is 2.96. The smallest absolute Gasteiger partial charge is 0.357 e. The van der Waals surface area contributed by atoms with Gasteiger partial charge in [-0.25, -0.2) is 9.78 Å². The van der Waals surface area contributed by atoms with Crippen LogP contribution in [0.5, 0.6) is 11.5 Å². The summed E-state index contributed by atoms with van der Waals surface area (Å²) in [6.45, 7) is 3.22. The van der Waals surface area contributed by atoms with Crippen LogP contribution < -0.4 is 9.47 Å². The number of thiol groups is 1. The van der Waals surface area contributed by atoms with Crippen molar-refractivity contribution in [3.63, 3.8) is 0 Å². The van der Waals surface area contributed by atoms with E-state index in [2.05, 4.69) is 17.6 Å². The van der Waals surface area contributed by atoms with E-state index in [1.165, 1.54) is 0 Å². The lowest BCUT2D eigenvalue weighted by molar-refractivity contribution is -0.0530. The van der Waals surface area contributed by atoms with Crippen molar-refractivity contribution in [2.75, 3.05) is 26.6 Å². The van der Waals surface area contributed by atoms with Crippen molar-refractivity contribution in [3.8, 4) is 11.5 Å². The number of hydrogen-bond donors (Lipinski definition) is 1. The van der Waals surface area contributed by atoms with E-state index in [1.807, 2.05) is 0 Å². The number of rotatable bonds is 5. The van der Waals surface area contributed by atoms with E-state index in [0.717, 1.165) is 5.56 Å². The van der Waals surface area contributed by atoms with E-state index in [1.54, 1.807) is 23.6 Å². The van der Waals surface area contributed by atoms with E-state index in [0.29, 0.717) is 35.6 Å². The van der Waals surface area contributed by atoms with Gasteiger partial charge in [-0.15, -0.1) is 12.6 Å². The van der Waals surface area contributed by atoms with Crippen LogP contribution >= 0.6 is 24.2 Å². The van der Waals surface area contributed by atoms with E-state index >= 15 is 0 Å². The highest BCUT2D eigenvalue weighted by Crippen LogP contribution is 2.38. The molecule has 0 radical (unpaired) electrons. The number of aromatic nitrogens is 2. The highest BCUT2D eigenvalue weighted by Gasteiger charge is 2.31. The first-order valence-corrected chi connectivity index (χ1v) is 9.18. The van der Waals surface area contributed by atoms with E-state index in [9.17, 15) is 4.79 Å². The van der Waals surface area contributed by atoms with Gasteiger partial charge in [0.25, 0.3) is 0 Å². The van der Waals surface area contributed by atoms with Crippen LogP contribution in [0, 0.1) is 0 Å². The van der Waals surface area contributed by atoms with Gasteiger partial charge < -0.3 is 28.3 Å². The molecule has 27 heavy (non-hydrogen) atoms. The Balaban J connectivity index is 1.77. The lowest BCUT2D eigenvalue weighted by atomic mass is 10.2. The number of halogens is 1. The molecule has 1 fully saturated rings. The summed E-state index contributed by atoms with van der Waals surface area (Å²) in [6, 6.07) is 3.46. The van der Waals surface area contributed by atoms with E-state index in [4.69, 9.17) is 35.3 Å². The monoisotopic (exact) mass is 412 g/mol. The molecule has 1 aromatic heterocycles. The maximum Gasteiger partial charge on any atom is 0.357 e. The molecule has 0 saturated carbocycles. The molecule has 4 rings (SSSR count). The van der Waals surface area contributed by atoms with Crippen molar-refractivity contribution < 1.29 is 28.5 Å². The molecule has 10 heteroatoms. The minimum atomic E-state index is -0.688. The van der Waals surface area contributed by atoms with Gasteiger partial charge in [0.05, 0.1) is 26.4 Å². The van der Waals surface area contributed by atoms with Gasteiger partial charge in [0, 0.05) is 11.1 Å². The van der Waals surface area contributed by atoms with Crippen molar-refractivity contribution >= 4 is 30.2 Å². The molecule has 0 unspecified atom stereocenters. The van der Waals surface area contributed by atoms with Gasteiger partial charge in [-0.3, -0.25) is 0 Å². The van der Waals surface area contributed by atoms with Crippen LogP contribution in [0.4, 0.5) is 0 Å². The SMILES string of the molecule is CCOC(=O)c1c(S)nc(C2OCCO2)n1Cc1cc2c(cc1Cl)OCO2. The standard InChI is InChI=1S/C17H17ClN2O6S/c1-2-22-16(21)13-15(27)19-14(17-23-3-4-24-17)20(13)7-9-5-11-12(6-10(9)18)26-8-25-11/h5-6,17,27H,2-4,7-8H2,1H3. The molecule has 0 aliphatic carbocycles. The molecule has 1 aromatic carbocycles. The van der Waals surface area contributed by atoms with Crippen molar-refractivity contribution in [3.05, 3.63) is 34.2 Å². The van der Waals surface area contributed by atoms with Crippen LogP contribution in [0.1, 0.15) is 35.1 Å². The average Bonchev–Trinajstić information content (AvgIpc) is 3.35.